The summed E-state index contributed by atoms with van der Waals surface area (Å²) >= 11 is 0. The first-order chi connectivity index (χ1) is 8.90. The molecule has 3 aromatic rings. The lowest BCUT2D eigenvalue weighted by molar-refractivity contribution is 0.583. The first-order valence-corrected chi connectivity index (χ1v) is 6.44. The van der Waals surface area contributed by atoms with Crippen LogP contribution in [0.4, 0.5) is 0 Å². The summed E-state index contributed by atoms with van der Waals surface area (Å²) in [5.74, 6) is 0.939. The van der Waals surface area contributed by atoms with Crippen LogP contribution in [0.15, 0.2) is 59.2 Å². The minimum Gasteiger partial charge on any atom is -0.464 e. The van der Waals surface area contributed by atoms with Crippen molar-refractivity contribution in [1.82, 2.24) is 0 Å². The Labute approximate surface area is 107 Å². The minimum atomic E-state index is 0.939. The predicted octanol–water partition coefficient (Wildman–Crippen LogP) is 5.05. The van der Waals surface area contributed by atoms with Gasteiger partial charge in [0.05, 0.1) is 6.26 Å². The third-order valence-corrected chi connectivity index (χ3v) is 3.32. The third-order valence-electron chi connectivity index (χ3n) is 3.32. The molecule has 1 aromatic heterocycles. The van der Waals surface area contributed by atoms with Gasteiger partial charge in [-0.05, 0) is 34.9 Å². The number of hydrogen-bond acceptors (Lipinski definition) is 1. The van der Waals surface area contributed by atoms with Crippen LogP contribution in [0, 0.1) is 0 Å². The van der Waals surface area contributed by atoms with E-state index in [0.717, 1.165) is 12.2 Å². The van der Waals surface area contributed by atoms with Gasteiger partial charge in [0.2, 0.25) is 0 Å². The number of rotatable bonds is 3. The Hall–Kier alpha value is -2.02. The van der Waals surface area contributed by atoms with Crippen molar-refractivity contribution in [3.63, 3.8) is 0 Å². The summed E-state index contributed by atoms with van der Waals surface area (Å²) in [6.07, 6.45) is 4.02. The van der Waals surface area contributed by atoms with Crippen LogP contribution in [0.25, 0.3) is 22.1 Å². The summed E-state index contributed by atoms with van der Waals surface area (Å²) in [5, 5.41) is 2.62. The van der Waals surface area contributed by atoms with Crippen LogP contribution in [0.5, 0.6) is 0 Å². The molecule has 1 heterocycles. The Morgan fingerprint density at radius 3 is 2.44 bits per heavy atom. The van der Waals surface area contributed by atoms with Gasteiger partial charge in [-0.1, -0.05) is 49.7 Å². The number of hydrogen-bond donors (Lipinski definition) is 0. The standard InChI is InChI=1S/C17H16O/c1-2-6-13-10-11-16(17-9-5-12-18-17)15-8-4-3-7-14(13)15/h3-5,7-12H,2,6H2,1H3. The Bertz CT molecular complexity index is 650. The van der Waals surface area contributed by atoms with Crippen molar-refractivity contribution in [1.29, 1.82) is 0 Å². The van der Waals surface area contributed by atoms with E-state index in [1.807, 2.05) is 12.1 Å². The van der Waals surface area contributed by atoms with Crippen LogP contribution < -0.4 is 0 Å². The molecule has 0 aliphatic heterocycles. The van der Waals surface area contributed by atoms with Crippen LogP contribution in [0.1, 0.15) is 18.9 Å². The molecule has 0 aliphatic rings. The lowest BCUT2D eigenvalue weighted by atomic mass is 9.96. The fraction of sp³-hybridized carbons (Fsp3) is 0.176. The highest BCUT2D eigenvalue weighted by atomic mass is 16.3. The Kier molecular flexibility index (Phi) is 2.89. The topological polar surface area (TPSA) is 13.1 Å². The normalized spacial score (nSPS) is 10.9. The summed E-state index contributed by atoms with van der Waals surface area (Å²) < 4.78 is 5.53. The first-order valence-electron chi connectivity index (χ1n) is 6.44. The average molecular weight is 236 g/mol. The minimum absolute atomic E-state index is 0.939. The maximum absolute atomic E-state index is 5.53. The van der Waals surface area contributed by atoms with Crippen LogP contribution in [-0.2, 0) is 6.42 Å². The Morgan fingerprint density at radius 2 is 1.72 bits per heavy atom. The molecule has 0 spiro atoms. The molecule has 0 aliphatic carbocycles. The molecule has 1 nitrogen and oxygen atoms in total. The van der Waals surface area contributed by atoms with E-state index in [0.29, 0.717) is 0 Å². The number of benzene rings is 2. The highest BCUT2D eigenvalue weighted by molar-refractivity contribution is 5.97. The van der Waals surface area contributed by atoms with Crippen molar-refractivity contribution >= 4 is 10.8 Å². The van der Waals surface area contributed by atoms with Crippen LogP contribution >= 0.6 is 0 Å². The SMILES string of the molecule is CCCc1ccc(-c2ccco2)c2ccccc12. The van der Waals surface area contributed by atoms with E-state index in [4.69, 9.17) is 4.42 Å². The quantitative estimate of drug-likeness (QED) is 0.620. The summed E-state index contributed by atoms with van der Waals surface area (Å²) in [4.78, 5) is 0. The summed E-state index contributed by atoms with van der Waals surface area (Å²) in [5.41, 5.74) is 2.60. The molecule has 0 amide bonds. The smallest absolute Gasteiger partial charge is 0.134 e. The lowest BCUT2D eigenvalue weighted by Crippen LogP contribution is -1.88. The number of aryl methyl sites for hydroxylation is 1. The zero-order chi connectivity index (χ0) is 12.4. The second kappa shape index (κ2) is 4.69. The molecular formula is C17H16O. The summed E-state index contributed by atoms with van der Waals surface area (Å²) in [6.45, 7) is 2.22. The second-order valence-electron chi connectivity index (χ2n) is 4.55. The molecule has 0 atom stereocenters. The number of fused-ring (bicyclic) bond motifs is 1. The van der Waals surface area contributed by atoms with E-state index in [-0.39, 0.29) is 0 Å². The van der Waals surface area contributed by atoms with Gasteiger partial charge in [0.25, 0.3) is 0 Å². The maximum Gasteiger partial charge on any atom is 0.134 e. The molecule has 0 bridgehead atoms. The molecule has 0 N–H and O–H groups in total. The largest absolute Gasteiger partial charge is 0.464 e. The average Bonchev–Trinajstić information content (AvgIpc) is 2.93. The third kappa shape index (κ3) is 1.82. The van der Waals surface area contributed by atoms with Gasteiger partial charge in [-0.3, -0.25) is 0 Å². The van der Waals surface area contributed by atoms with Crippen LogP contribution in [-0.4, -0.2) is 0 Å². The Morgan fingerprint density at radius 1 is 0.889 bits per heavy atom. The van der Waals surface area contributed by atoms with Crippen molar-refractivity contribution in [3.8, 4) is 11.3 Å². The molecule has 1 heteroatoms. The van der Waals surface area contributed by atoms with Gasteiger partial charge in [-0.2, -0.15) is 0 Å². The second-order valence-corrected chi connectivity index (χ2v) is 4.55. The van der Waals surface area contributed by atoms with Crippen molar-refractivity contribution in [2.75, 3.05) is 0 Å². The molecule has 2 aromatic carbocycles. The molecule has 18 heavy (non-hydrogen) atoms. The van der Waals surface area contributed by atoms with Crippen molar-refractivity contribution in [2.24, 2.45) is 0 Å². The molecular weight excluding hydrogens is 220 g/mol. The van der Waals surface area contributed by atoms with E-state index >= 15 is 0 Å². The van der Waals surface area contributed by atoms with E-state index < -0.39 is 0 Å². The summed E-state index contributed by atoms with van der Waals surface area (Å²) in [6, 6.07) is 16.9. The van der Waals surface area contributed by atoms with Gasteiger partial charge in [0.1, 0.15) is 5.76 Å². The van der Waals surface area contributed by atoms with Crippen molar-refractivity contribution in [2.45, 2.75) is 19.8 Å². The predicted molar refractivity (Wildman–Crippen MR) is 75.6 cm³/mol. The van der Waals surface area contributed by atoms with Crippen LogP contribution in [0.2, 0.25) is 0 Å². The zero-order valence-electron chi connectivity index (χ0n) is 10.5. The molecule has 0 fully saturated rings. The molecule has 0 saturated carbocycles. The molecule has 0 radical (unpaired) electrons. The molecule has 0 saturated heterocycles. The first kappa shape index (κ1) is 11.1. The Balaban J connectivity index is 2.26. The zero-order valence-corrected chi connectivity index (χ0v) is 10.5. The highest BCUT2D eigenvalue weighted by Crippen LogP contribution is 2.31. The number of furan rings is 1. The molecule has 0 unspecified atom stereocenters. The van der Waals surface area contributed by atoms with Gasteiger partial charge in [-0.15, -0.1) is 0 Å². The van der Waals surface area contributed by atoms with E-state index in [1.54, 1.807) is 6.26 Å². The van der Waals surface area contributed by atoms with Gasteiger partial charge in [-0.25, -0.2) is 0 Å². The lowest BCUT2D eigenvalue weighted by Gasteiger charge is -2.09. The maximum atomic E-state index is 5.53. The fourth-order valence-electron chi connectivity index (χ4n) is 2.50. The van der Waals surface area contributed by atoms with Gasteiger partial charge in [0.15, 0.2) is 0 Å². The van der Waals surface area contributed by atoms with Gasteiger partial charge < -0.3 is 4.42 Å². The van der Waals surface area contributed by atoms with E-state index in [1.165, 1.54) is 28.3 Å². The van der Waals surface area contributed by atoms with Crippen molar-refractivity contribution in [3.05, 3.63) is 60.4 Å². The summed E-state index contributed by atoms with van der Waals surface area (Å²) in [7, 11) is 0. The fourth-order valence-corrected chi connectivity index (χ4v) is 2.50. The van der Waals surface area contributed by atoms with Gasteiger partial charge in [0, 0.05) is 5.56 Å². The van der Waals surface area contributed by atoms with E-state index in [2.05, 4.69) is 43.3 Å². The monoisotopic (exact) mass is 236 g/mol. The van der Waals surface area contributed by atoms with Crippen LogP contribution in [0.3, 0.4) is 0 Å². The van der Waals surface area contributed by atoms with Gasteiger partial charge >= 0.3 is 0 Å². The highest BCUT2D eigenvalue weighted by Gasteiger charge is 2.08. The molecule has 3 rings (SSSR count). The van der Waals surface area contributed by atoms with E-state index in [9.17, 15) is 0 Å². The van der Waals surface area contributed by atoms with Crippen molar-refractivity contribution < 1.29 is 4.42 Å². The molecule has 90 valence electrons.